The number of thiocarbonyl (C=S) groups is 2. The van der Waals surface area contributed by atoms with Gasteiger partial charge in [-0.2, -0.15) is 0 Å². The van der Waals surface area contributed by atoms with E-state index in [2.05, 4.69) is 10.6 Å². The van der Waals surface area contributed by atoms with Gasteiger partial charge in [-0.25, -0.2) is 0 Å². The van der Waals surface area contributed by atoms with Crippen molar-refractivity contribution in [1.29, 1.82) is 0 Å². The minimum Gasteiger partial charge on any atom is -0.326 e. The summed E-state index contributed by atoms with van der Waals surface area (Å²) < 4.78 is 0.551. The fraction of sp³-hybridized carbons (Fsp3) is 0.286. The Balaban J connectivity index is 1.35. The van der Waals surface area contributed by atoms with Crippen LogP contribution in [-0.4, -0.2) is 55.2 Å². The lowest BCUT2D eigenvalue weighted by atomic mass is 10.1. The first kappa shape index (κ1) is 29.9. The third-order valence-electron chi connectivity index (χ3n) is 6.34. The maximum Gasteiger partial charge on any atom is 0.267 e. The summed E-state index contributed by atoms with van der Waals surface area (Å²) in [5.41, 5.74) is 5.52. The van der Waals surface area contributed by atoms with Gasteiger partial charge in [0.1, 0.15) is 8.64 Å². The normalized spacial score (nSPS) is 17.2. The van der Waals surface area contributed by atoms with Crippen LogP contribution in [0.3, 0.4) is 0 Å². The zero-order valence-electron chi connectivity index (χ0n) is 22.5. The van der Waals surface area contributed by atoms with Crippen LogP contribution in [0.25, 0.3) is 0 Å². The SMILES string of the molecule is Cc1ccc(NC(=O)CCN2C(=O)C(=C3SC(=S)N(CCC(=O)Nc4ccc(C)cc4C)C3=O)SC2=S)c(C)c1. The highest BCUT2D eigenvalue weighted by atomic mass is 32.2. The number of aryl methyl sites for hydroxylation is 4. The van der Waals surface area contributed by atoms with E-state index in [1.807, 2.05) is 64.1 Å². The molecule has 0 atom stereocenters. The molecule has 2 aromatic carbocycles. The second-order valence-corrected chi connectivity index (χ2v) is 12.8. The van der Waals surface area contributed by atoms with Crippen molar-refractivity contribution >= 4 is 91.6 Å². The topological polar surface area (TPSA) is 98.8 Å². The predicted octanol–water partition coefficient (Wildman–Crippen LogP) is 5.21. The van der Waals surface area contributed by atoms with E-state index in [-0.39, 0.29) is 56.2 Å². The zero-order chi connectivity index (χ0) is 29.1. The third-order valence-corrected chi connectivity index (χ3v) is 9.37. The molecule has 2 aromatic rings. The largest absolute Gasteiger partial charge is 0.326 e. The molecule has 0 aliphatic carbocycles. The Bertz CT molecular complexity index is 1380. The number of carbonyl (C=O) groups excluding carboxylic acids is 4. The molecule has 2 N–H and O–H groups in total. The van der Waals surface area contributed by atoms with Crippen molar-refractivity contribution in [3.8, 4) is 0 Å². The number of hydrogen-bond donors (Lipinski definition) is 2. The van der Waals surface area contributed by atoms with Crippen molar-refractivity contribution in [3.63, 3.8) is 0 Å². The molecular formula is C28H28N4O4S4. The van der Waals surface area contributed by atoms with Gasteiger partial charge in [0.25, 0.3) is 11.8 Å². The summed E-state index contributed by atoms with van der Waals surface area (Å²) in [7, 11) is 0. The number of amides is 4. The molecule has 0 radical (unpaired) electrons. The highest BCUT2D eigenvalue weighted by Gasteiger charge is 2.42. The Morgan fingerprint density at radius 1 is 0.700 bits per heavy atom. The van der Waals surface area contributed by atoms with Gasteiger partial charge in [-0.3, -0.25) is 29.0 Å². The van der Waals surface area contributed by atoms with Crippen LogP contribution in [0, 0.1) is 27.7 Å². The molecule has 8 nitrogen and oxygen atoms in total. The number of rotatable bonds is 8. The standard InChI is InChI=1S/C28H28N4O4S4/c1-15-5-7-19(17(3)13-15)29-21(33)9-11-31-25(35)23(39-27(31)37)24-26(36)32(28(38)40-24)12-10-22(34)30-20-8-6-16(2)14-18(20)4/h5-8,13-14H,9-12H2,1-4H3,(H,29,33)(H,30,34). The minimum absolute atomic E-state index is 0.0452. The number of carbonyl (C=O) groups is 4. The molecule has 4 rings (SSSR count). The Kier molecular flexibility index (Phi) is 9.44. The van der Waals surface area contributed by atoms with Crippen molar-refractivity contribution in [2.24, 2.45) is 0 Å². The lowest BCUT2D eigenvalue weighted by molar-refractivity contribution is -0.125. The molecule has 0 unspecified atom stereocenters. The molecule has 0 saturated carbocycles. The first-order chi connectivity index (χ1) is 18.9. The van der Waals surface area contributed by atoms with Crippen molar-refractivity contribution in [2.45, 2.75) is 40.5 Å². The van der Waals surface area contributed by atoms with Crippen LogP contribution in [0.15, 0.2) is 46.2 Å². The average Bonchev–Trinajstić information content (AvgIpc) is 3.33. The van der Waals surface area contributed by atoms with Gasteiger partial charge >= 0.3 is 0 Å². The summed E-state index contributed by atoms with van der Waals surface area (Å²) >= 11 is 12.8. The van der Waals surface area contributed by atoms with Gasteiger partial charge in [0.15, 0.2) is 0 Å². The Morgan fingerprint density at radius 3 is 1.43 bits per heavy atom. The summed E-state index contributed by atoms with van der Waals surface area (Å²) in [6, 6.07) is 11.5. The number of thioether (sulfide) groups is 2. The lowest BCUT2D eigenvalue weighted by Gasteiger charge is -2.15. The predicted molar refractivity (Wildman–Crippen MR) is 169 cm³/mol. The van der Waals surface area contributed by atoms with Gasteiger partial charge in [0, 0.05) is 37.3 Å². The molecule has 2 fully saturated rings. The fourth-order valence-corrected chi connectivity index (χ4v) is 6.99. The van der Waals surface area contributed by atoms with Crippen LogP contribution < -0.4 is 10.6 Å². The summed E-state index contributed by atoms with van der Waals surface area (Å²) in [6.45, 7) is 7.96. The molecule has 0 spiro atoms. The summed E-state index contributed by atoms with van der Waals surface area (Å²) in [6.07, 6.45) is 0.0904. The van der Waals surface area contributed by atoms with Crippen molar-refractivity contribution in [1.82, 2.24) is 9.80 Å². The number of hydrogen-bond acceptors (Lipinski definition) is 8. The quantitative estimate of drug-likeness (QED) is 0.310. The number of anilines is 2. The first-order valence-corrected chi connectivity index (χ1v) is 15.0. The van der Waals surface area contributed by atoms with E-state index in [0.29, 0.717) is 11.4 Å². The summed E-state index contributed by atoms with van der Waals surface area (Å²) in [5.74, 6) is -1.34. The molecule has 0 bridgehead atoms. The van der Waals surface area contributed by atoms with E-state index < -0.39 is 11.8 Å². The molecule has 40 heavy (non-hydrogen) atoms. The van der Waals surface area contributed by atoms with Crippen LogP contribution in [0.2, 0.25) is 0 Å². The van der Waals surface area contributed by atoms with E-state index in [1.54, 1.807) is 0 Å². The molecular weight excluding hydrogens is 585 g/mol. The van der Waals surface area contributed by atoms with Crippen LogP contribution in [-0.2, 0) is 19.2 Å². The van der Waals surface area contributed by atoms with Crippen molar-refractivity contribution in [2.75, 3.05) is 23.7 Å². The highest BCUT2D eigenvalue weighted by molar-refractivity contribution is 8.29. The van der Waals surface area contributed by atoms with E-state index in [1.165, 1.54) is 9.80 Å². The molecule has 12 heteroatoms. The van der Waals surface area contributed by atoms with Gasteiger partial charge < -0.3 is 10.6 Å². The molecule has 2 saturated heterocycles. The maximum absolute atomic E-state index is 13.2. The highest BCUT2D eigenvalue weighted by Crippen LogP contribution is 2.42. The number of nitrogens with one attached hydrogen (secondary N) is 2. The second-order valence-electron chi connectivity index (χ2n) is 9.54. The molecule has 0 aromatic heterocycles. The Hall–Kier alpha value is -3.06. The number of benzene rings is 2. The summed E-state index contributed by atoms with van der Waals surface area (Å²) in [5, 5.41) is 5.73. The summed E-state index contributed by atoms with van der Waals surface area (Å²) in [4.78, 5) is 54.5. The first-order valence-electron chi connectivity index (χ1n) is 12.5. The molecule has 2 aliphatic heterocycles. The van der Waals surface area contributed by atoms with Gasteiger partial charge in [0.2, 0.25) is 11.8 Å². The van der Waals surface area contributed by atoms with E-state index in [9.17, 15) is 19.2 Å². The van der Waals surface area contributed by atoms with Crippen molar-refractivity contribution in [3.05, 3.63) is 68.5 Å². The van der Waals surface area contributed by atoms with Crippen molar-refractivity contribution < 1.29 is 19.2 Å². The Labute approximate surface area is 252 Å². The third kappa shape index (κ3) is 6.80. The van der Waals surface area contributed by atoms with E-state index in [0.717, 1.165) is 45.8 Å². The van der Waals surface area contributed by atoms with Gasteiger partial charge in [0.05, 0.1) is 9.81 Å². The Morgan fingerprint density at radius 2 is 1.07 bits per heavy atom. The molecule has 4 amide bonds. The smallest absolute Gasteiger partial charge is 0.267 e. The van der Waals surface area contributed by atoms with Gasteiger partial charge in [-0.1, -0.05) is 83.4 Å². The maximum atomic E-state index is 13.2. The van der Waals surface area contributed by atoms with Crippen LogP contribution in [0.1, 0.15) is 35.1 Å². The fourth-order valence-electron chi connectivity index (χ4n) is 4.22. The zero-order valence-corrected chi connectivity index (χ0v) is 25.7. The van der Waals surface area contributed by atoms with Crippen LogP contribution >= 0.6 is 48.0 Å². The lowest BCUT2D eigenvalue weighted by Crippen LogP contribution is -2.33. The minimum atomic E-state index is -0.428. The molecule has 2 aliphatic rings. The van der Waals surface area contributed by atoms with Gasteiger partial charge in [-0.05, 0) is 51.0 Å². The van der Waals surface area contributed by atoms with Crippen LogP contribution in [0.4, 0.5) is 11.4 Å². The number of nitrogens with zero attached hydrogens (tertiary/aromatic N) is 2. The second kappa shape index (κ2) is 12.6. The van der Waals surface area contributed by atoms with E-state index >= 15 is 0 Å². The average molecular weight is 613 g/mol. The van der Waals surface area contributed by atoms with Crippen LogP contribution in [0.5, 0.6) is 0 Å². The molecule has 2 heterocycles. The monoisotopic (exact) mass is 612 g/mol. The van der Waals surface area contributed by atoms with E-state index in [4.69, 9.17) is 24.4 Å². The molecule has 208 valence electrons. The van der Waals surface area contributed by atoms with Gasteiger partial charge in [-0.15, -0.1) is 0 Å².